The summed E-state index contributed by atoms with van der Waals surface area (Å²) < 4.78 is 0. The third-order valence-electron chi connectivity index (χ3n) is 3.39. The molecule has 0 aromatic carbocycles. The lowest BCUT2D eigenvalue weighted by Gasteiger charge is -2.11. The maximum absolute atomic E-state index is 5.42. The first kappa shape index (κ1) is 14.0. The summed E-state index contributed by atoms with van der Waals surface area (Å²) in [5.74, 6) is 5.11. The van der Waals surface area contributed by atoms with Crippen LogP contribution in [0.5, 0.6) is 0 Å². The van der Waals surface area contributed by atoms with Gasteiger partial charge in [-0.1, -0.05) is 5.16 Å². The molecule has 0 atom stereocenters. The molecule has 0 unspecified atom stereocenters. The maximum atomic E-state index is 5.42. The minimum absolute atomic E-state index is 0.0779. The van der Waals surface area contributed by atoms with Crippen molar-refractivity contribution in [2.24, 2.45) is 16.5 Å². The van der Waals surface area contributed by atoms with Crippen LogP contribution in [0.25, 0.3) is 0 Å². The summed E-state index contributed by atoms with van der Waals surface area (Å²) in [5, 5.41) is 4.14. The monoisotopic (exact) mass is 263 g/mol. The first-order chi connectivity index (χ1) is 9.04. The molecule has 1 aromatic rings. The number of hydrogen-bond acceptors (Lipinski definition) is 5. The topological polar surface area (TPSA) is 69.7 Å². The van der Waals surface area contributed by atoms with Crippen LogP contribution in [0.15, 0.2) is 17.3 Å². The molecule has 1 aliphatic rings. The number of nitrogens with two attached hydrogens (primary N) is 1. The van der Waals surface area contributed by atoms with Gasteiger partial charge in [-0.05, 0) is 51.3 Å². The van der Waals surface area contributed by atoms with Crippen molar-refractivity contribution in [1.82, 2.24) is 4.98 Å². The van der Waals surface area contributed by atoms with E-state index in [4.69, 9.17) is 15.6 Å². The largest absolute Gasteiger partial charge is 0.395 e. The predicted molar refractivity (Wildman–Crippen MR) is 73.7 cm³/mol. The number of oxime groups is 1. The fourth-order valence-corrected chi connectivity index (χ4v) is 2.02. The Bertz CT molecular complexity index is 461. The lowest BCUT2D eigenvalue weighted by Crippen LogP contribution is -2.19. The average Bonchev–Trinajstić information content (AvgIpc) is 3.08. The second-order valence-electron chi connectivity index (χ2n) is 5.43. The smallest absolute Gasteiger partial charge is 0.125 e. The van der Waals surface area contributed by atoms with Gasteiger partial charge in [-0.2, -0.15) is 0 Å². The molecule has 1 fully saturated rings. The quantitative estimate of drug-likeness (QED) is 0.630. The fraction of sp³-hybridized carbons (Fsp3) is 0.571. The van der Waals surface area contributed by atoms with Gasteiger partial charge in [0.05, 0.1) is 12.3 Å². The van der Waals surface area contributed by atoms with Gasteiger partial charge in [-0.3, -0.25) is 4.98 Å². The molecule has 1 heterocycles. The van der Waals surface area contributed by atoms with Crippen LogP contribution in [0.1, 0.15) is 36.7 Å². The molecular weight excluding hydrogens is 242 g/mol. The number of nitrogens with zero attached hydrogens (tertiary/aromatic N) is 2. The average molecular weight is 263 g/mol. The van der Waals surface area contributed by atoms with Crippen molar-refractivity contribution in [2.75, 3.05) is 13.2 Å². The molecule has 1 aliphatic carbocycles. The van der Waals surface area contributed by atoms with Gasteiger partial charge in [0, 0.05) is 11.1 Å². The van der Waals surface area contributed by atoms with Gasteiger partial charge in [0.1, 0.15) is 12.3 Å². The van der Waals surface area contributed by atoms with E-state index in [1.165, 1.54) is 5.56 Å². The highest BCUT2D eigenvalue weighted by Gasteiger charge is 2.44. The van der Waals surface area contributed by atoms with Crippen LogP contribution in [-0.2, 0) is 9.68 Å². The van der Waals surface area contributed by atoms with E-state index in [-0.39, 0.29) is 5.41 Å². The van der Waals surface area contributed by atoms with Gasteiger partial charge in [-0.25, -0.2) is 5.90 Å². The molecule has 5 heteroatoms. The molecule has 0 aliphatic heterocycles. The summed E-state index contributed by atoms with van der Waals surface area (Å²) >= 11 is 0. The highest BCUT2D eigenvalue weighted by molar-refractivity contribution is 5.96. The summed E-state index contributed by atoms with van der Waals surface area (Å²) in [4.78, 5) is 14.6. The van der Waals surface area contributed by atoms with Crippen LogP contribution in [0.2, 0.25) is 0 Å². The number of aromatic nitrogens is 1. The zero-order valence-electron chi connectivity index (χ0n) is 11.8. The van der Waals surface area contributed by atoms with E-state index in [0.717, 1.165) is 29.9 Å². The molecule has 0 bridgehead atoms. The van der Waals surface area contributed by atoms with E-state index < -0.39 is 0 Å². The second kappa shape index (κ2) is 5.67. The molecular formula is C14H21N3O2. The standard InChI is InChI=1S/C14H21N3O2/c1-10-6-11(2)16-13(7-10)12(3)17-19-9-14(4-5-14)8-18-15/h6-7H,4-5,8-9,15H2,1-3H3/b17-12+. The molecule has 1 saturated carbocycles. The van der Waals surface area contributed by atoms with Crippen molar-refractivity contribution in [3.8, 4) is 0 Å². The third kappa shape index (κ3) is 3.75. The second-order valence-corrected chi connectivity index (χ2v) is 5.43. The number of hydrogen-bond donors (Lipinski definition) is 1. The van der Waals surface area contributed by atoms with Gasteiger partial charge >= 0.3 is 0 Å². The minimum Gasteiger partial charge on any atom is -0.395 e. The van der Waals surface area contributed by atoms with Gasteiger partial charge in [0.2, 0.25) is 0 Å². The SMILES string of the molecule is C/C(=N\OCC1(CON)CC1)c1cc(C)cc(C)n1. The fourth-order valence-electron chi connectivity index (χ4n) is 2.02. The zero-order chi connectivity index (χ0) is 13.9. The molecule has 0 amide bonds. The van der Waals surface area contributed by atoms with Crippen molar-refractivity contribution in [3.05, 3.63) is 29.1 Å². The van der Waals surface area contributed by atoms with Crippen LogP contribution < -0.4 is 5.90 Å². The van der Waals surface area contributed by atoms with Gasteiger partial charge in [0.15, 0.2) is 0 Å². The van der Waals surface area contributed by atoms with Crippen molar-refractivity contribution < 1.29 is 9.68 Å². The highest BCUT2D eigenvalue weighted by Crippen LogP contribution is 2.45. The van der Waals surface area contributed by atoms with E-state index in [0.29, 0.717) is 13.2 Å². The van der Waals surface area contributed by atoms with Crippen LogP contribution in [-0.4, -0.2) is 23.9 Å². The van der Waals surface area contributed by atoms with Gasteiger partial charge < -0.3 is 9.68 Å². The first-order valence-electron chi connectivity index (χ1n) is 6.49. The Morgan fingerprint density at radius 1 is 1.37 bits per heavy atom. The third-order valence-corrected chi connectivity index (χ3v) is 3.39. The van der Waals surface area contributed by atoms with Crippen LogP contribution in [0.3, 0.4) is 0 Å². The van der Waals surface area contributed by atoms with Crippen molar-refractivity contribution in [3.63, 3.8) is 0 Å². The summed E-state index contributed by atoms with van der Waals surface area (Å²) in [6.07, 6.45) is 2.17. The number of rotatable bonds is 6. The Morgan fingerprint density at radius 3 is 2.68 bits per heavy atom. The van der Waals surface area contributed by atoms with Gasteiger partial charge in [-0.15, -0.1) is 0 Å². The Hall–Kier alpha value is -1.46. The normalized spacial score (nSPS) is 17.4. The molecule has 0 radical (unpaired) electrons. The molecule has 0 spiro atoms. The van der Waals surface area contributed by atoms with Crippen LogP contribution in [0, 0.1) is 19.3 Å². The zero-order valence-corrected chi connectivity index (χ0v) is 11.8. The molecule has 19 heavy (non-hydrogen) atoms. The summed E-state index contributed by atoms with van der Waals surface area (Å²) in [6.45, 7) is 7.00. The van der Waals surface area contributed by atoms with Crippen molar-refractivity contribution in [2.45, 2.75) is 33.6 Å². The van der Waals surface area contributed by atoms with Crippen molar-refractivity contribution in [1.29, 1.82) is 0 Å². The van der Waals surface area contributed by atoms with Crippen LogP contribution >= 0.6 is 0 Å². The lowest BCUT2D eigenvalue weighted by atomic mass is 10.1. The minimum atomic E-state index is 0.0779. The summed E-state index contributed by atoms with van der Waals surface area (Å²) in [6, 6.07) is 4.04. The summed E-state index contributed by atoms with van der Waals surface area (Å²) in [7, 11) is 0. The summed E-state index contributed by atoms with van der Waals surface area (Å²) in [5.41, 5.74) is 3.88. The molecule has 0 saturated heterocycles. The molecule has 1 aromatic heterocycles. The van der Waals surface area contributed by atoms with Crippen molar-refractivity contribution >= 4 is 5.71 Å². The van der Waals surface area contributed by atoms with E-state index in [1.807, 2.05) is 32.9 Å². The Balaban J connectivity index is 1.95. The molecule has 2 rings (SSSR count). The number of pyridine rings is 1. The van der Waals surface area contributed by atoms with Gasteiger partial charge in [0.25, 0.3) is 0 Å². The molecule has 5 nitrogen and oxygen atoms in total. The molecule has 2 N–H and O–H groups in total. The Morgan fingerprint density at radius 2 is 2.11 bits per heavy atom. The number of aryl methyl sites for hydroxylation is 2. The first-order valence-corrected chi connectivity index (χ1v) is 6.49. The Kier molecular flexibility index (Phi) is 4.17. The predicted octanol–water partition coefficient (Wildman–Crippen LogP) is 2.11. The highest BCUT2D eigenvalue weighted by atomic mass is 16.6. The molecule has 104 valence electrons. The van der Waals surface area contributed by atoms with E-state index in [2.05, 4.69) is 10.1 Å². The van der Waals surface area contributed by atoms with E-state index in [1.54, 1.807) is 0 Å². The maximum Gasteiger partial charge on any atom is 0.125 e. The van der Waals surface area contributed by atoms with E-state index >= 15 is 0 Å². The Labute approximate surface area is 113 Å². The van der Waals surface area contributed by atoms with E-state index in [9.17, 15) is 0 Å². The lowest BCUT2D eigenvalue weighted by molar-refractivity contribution is 0.0294. The van der Waals surface area contributed by atoms with Crippen LogP contribution in [0.4, 0.5) is 0 Å².